The van der Waals surface area contributed by atoms with Crippen molar-refractivity contribution in [1.82, 2.24) is 4.98 Å². The third-order valence-corrected chi connectivity index (χ3v) is 8.52. The number of ether oxygens (including phenoxy) is 1. The predicted molar refractivity (Wildman–Crippen MR) is 153 cm³/mol. The number of aromatic nitrogens is 1. The summed E-state index contributed by atoms with van der Waals surface area (Å²) >= 11 is 2.92. The summed E-state index contributed by atoms with van der Waals surface area (Å²) in [6, 6.07) is 15.3. The van der Waals surface area contributed by atoms with E-state index in [1.54, 1.807) is 22.8 Å². The van der Waals surface area contributed by atoms with Crippen LogP contribution in [0.25, 0.3) is 22.6 Å². The summed E-state index contributed by atoms with van der Waals surface area (Å²) in [5, 5.41) is 16.8. The monoisotopic (exact) mass is 541 g/mol. The number of para-hydroxylation sites is 1. The number of nitrogens with zero attached hydrogens (tertiary/aromatic N) is 2. The van der Waals surface area contributed by atoms with Crippen LogP contribution in [-0.2, 0) is 16.0 Å². The van der Waals surface area contributed by atoms with Gasteiger partial charge in [-0.2, -0.15) is 5.26 Å². The number of thiophene rings is 2. The van der Waals surface area contributed by atoms with Crippen LogP contribution >= 0.6 is 22.7 Å². The van der Waals surface area contributed by atoms with Crippen LogP contribution in [0, 0.1) is 22.7 Å². The normalized spacial score (nSPS) is 16.2. The first-order valence-electron chi connectivity index (χ1n) is 12.3. The fourth-order valence-corrected chi connectivity index (χ4v) is 6.21. The van der Waals surface area contributed by atoms with Gasteiger partial charge < -0.3 is 10.1 Å². The molecule has 8 heteroatoms. The molecule has 0 unspecified atom stereocenters. The summed E-state index contributed by atoms with van der Waals surface area (Å²) in [6.07, 6.45) is 3.73. The van der Waals surface area contributed by atoms with E-state index in [0.29, 0.717) is 39.4 Å². The van der Waals surface area contributed by atoms with Crippen molar-refractivity contribution < 1.29 is 14.3 Å². The summed E-state index contributed by atoms with van der Waals surface area (Å²) in [7, 11) is 0. The zero-order valence-electron chi connectivity index (χ0n) is 21.4. The summed E-state index contributed by atoms with van der Waals surface area (Å²) in [6.45, 7) is 6.22. The van der Waals surface area contributed by atoms with Gasteiger partial charge in [0.05, 0.1) is 22.3 Å². The Bertz CT molecular complexity index is 1590. The van der Waals surface area contributed by atoms with Crippen LogP contribution in [0.15, 0.2) is 53.2 Å². The first-order valence-corrected chi connectivity index (χ1v) is 14.1. The fourth-order valence-electron chi connectivity index (χ4n) is 4.77. The fraction of sp³-hybridized carbons (Fsp3) is 0.267. The molecule has 5 rings (SSSR count). The molecular formula is C30H27N3O3S2. The van der Waals surface area contributed by atoms with E-state index in [0.717, 1.165) is 28.1 Å². The molecule has 192 valence electrons. The molecule has 0 spiro atoms. The van der Waals surface area contributed by atoms with E-state index in [4.69, 9.17) is 9.72 Å². The van der Waals surface area contributed by atoms with Crippen LogP contribution in [0.4, 0.5) is 5.00 Å². The third-order valence-electron chi connectivity index (χ3n) is 6.88. The van der Waals surface area contributed by atoms with E-state index < -0.39 is 18.5 Å². The van der Waals surface area contributed by atoms with Gasteiger partial charge in [0.1, 0.15) is 11.1 Å². The van der Waals surface area contributed by atoms with Crippen molar-refractivity contribution in [2.75, 3.05) is 11.9 Å². The second-order valence-corrected chi connectivity index (χ2v) is 12.3. The van der Waals surface area contributed by atoms with Crippen LogP contribution < -0.4 is 5.32 Å². The molecule has 6 nitrogen and oxygen atoms in total. The molecule has 0 radical (unpaired) electrons. The van der Waals surface area contributed by atoms with Gasteiger partial charge in [0, 0.05) is 10.3 Å². The molecule has 3 aromatic heterocycles. The zero-order valence-corrected chi connectivity index (χ0v) is 23.0. The van der Waals surface area contributed by atoms with Gasteiger partial charge in [-0.05, 0) is 70.3 Å². The number of esters is 1. The predicted octanol–water partition coefficient (Wildman–Crippen LogP) is 7.17. The lowest BCUT2D eigenvalue weighted by Gasteiger charge is -2.36. The van der Waals surface area contributed by atoms with Crippen LogP contribution in [0.3, 0.4) is 0 Å². The number of amides is 1. The van der Waals surface area contributed by atoms with Gasteiger partial charge in [0.2, 0.25) is 0 Å². The largest absolute Gasteiger partial charge is 0.452 e. The number of carbonyl (C=O) groups excluding carboxylic acids is 2. The minimum absolute atomic E-state index is 0.0120. The van der Waals surface area contributed by atoms with Gasteiger partial charge >= 0.3 is 5.97 Å². The first kappa shape index (κ1) is 25.8. The van der Waals surface area contributed by atoms with Crippen LogP contribution in [0.1, 0.15) is 59.2 Å². The average Bonchev–Trinajstić information content (AvgIpc) is 3.57. The Labute approximate surface area is 229 Å². The van der Waals surface area contributed by atoms with Gasteiger partial charge in [0.15, 0.2) is 6.61 Å². The molecular weight excluding hydrogens is 514 g/mol. The van der Waals surface area contributed by atoms with Gasteiger partial charge in [-0.25, -0.2) is 9.78 Å². The lowest BCUT2D eigenvalue weighted by molar-refractivity contribution is -0.119. The number of nitrogens with one attached hydrogen (secondary N) is 1. The molecule has 1 N–H and O–H groups in total. The highest BCUT2D eigenvalue weighted by molar-refractivity contribution is 7.14. The molecule has 3 heterocycles. The third kappa shape index (κ3) is 5.26. The van der Waals surface area contributed by atoms with E-state index >= 15 is 0 Å². The van der Waals surface area contributed by atoms with Crippen molar-refractivity contribution >= 4 is 62.1 Å². The van der Waals surface area contributed by atoms with Crippen molar-refractivity contribution in [2.45, 2.75) is 33.6 Å². The topological polar surface area (TPSA) is 92.1 Å². The van der Waals surface area contributed by atoms with E-state index in [-0.39, 0.29) is 5.41 Å². The van der Waals surface area contributed by atoms with Crippen molar-refractivity contribution in [3.63, 3.8) is 0 Å². The second kappa shape index (κ2) is 10.5. The van der Waals surface area contributed by atoms with Crippen molar-refractivity contribution in [1.29, 1.82) is 5.26 Å². The Morgan fingerprint density at radius 2 is 1.95 bits per heavy atom. The number of fused-ring (bicyclic) bond motifs is 2. The number of pyridine rings is 1. The van der Waals surface area contributed by atoms with Gasteiger partial charge in [-0.1, -0.05) is 45.0 Å². The number of allylic oxidation sites excluding steroid dienone is 1. The lowest BCUT2D eigenvalue weighted by atomic mass is 9.69. The lowest BCUT2D eigenvalue weighted by Crippen LogP contribution is -2.29. The molecule has 0 saturated carbocycles. The minimum atomic E-state index is -0.549. The average molecular weight is 542 g/mol. The standard InChI is InChI=1S/C30H27N3O3S2/c1-30(2,3)20-13-19(14-21-7-6-11-37-21)27-23(15-20)26(22-8-4-5-9-24(22)32-27)29(35)36-17-25(34)33-28-18(16-31)10-12-38-28/h4-12,14,20H,13,15,17H2,1-3H3,(H,33,34)/b19-14+/t20-/m1/s1. The van der Waals surface area contributed by atoms with E-state index in [9.17, 15) is 14.9 Å². The number of hydrogen-bond donors (Lipinski definition) is 1. The van der Waals surface area contributed by atoms with Crippen LogP contribution in [-0.4, -0.2) is 23.5 Å². The number of carbonyl (C=O) groups is 2. The Kier molecular flexibility index (Phi) is 7.15. The highest BCUT2D eigenvalue weighted by Gasteiger charge is 2.35. The van der Waals surface area contributed by atoms with Crippen LogP contribution in [0.5, 0.6) is 0 Å². The van der Waals surface area contributed by atoms with Crippen molar-refractivity contribution in [2.24, 2.45) is 11.3 Å². The molecule has 0 fully saturated rings. The number of hydrogen-bond acceptors (Lipinski definition) is 7. The first-order chi connectivity index (χ1) is 18.2. The van der Waals surface area contributed by atoms with E-state index in [2.05, 4.69) is 43.6 Å². The molecule has 4 aromatic rings. The smallest absolute Gasteiger partial charge is 0.339 e. The Balaban J connectivity index is 1.53. The maximum Gasteiger partial charge on any atom is 0.339 e. The molecule has 1 amide bonds. The molecule has 1 atom stereocenters. The van der Waals surface area contributed by atoms with Crippen molar-refractivity contribution in [3.8, 4) is 6.07 Å². The van der Waals surface area contributed by atoms with Gasteiger partial charge in [0.25, 0.3) is 5.91 Å². The minimum Gasteiger partial charge on any atom is -0.452 e. The van der Waals surface area contributed by atoms with Gasteiger partial charge in [-0.15, -0.1) is 22.7 Å². The summed E-state index contributed by atoms with van der Waals surface area (Å²) in [5.41, 5.74) is 4.37. The number of benzene rings is 1. The Hall–Kier alpha value is -3.80. The highest BCUT2D eigenvalue weighted by Crippen LogP contribution is 2.45. The molecule has 1 aliphatic carbocycles. The summed E-state index contributed by atoms with van der Waals surface area (Å²) in [4.78, 5) is 32.4. The molecule has 38 heavy (non-hydrogen) atoms. The summed E-state index contributed by atoms with van der Waals surface area (Å²) < 4.78 is 5.57. The SMILES string of the molecule is CC(C)(C)[C@@H]1C/C(=C\c2cccs2)c2nc3ccccc3c(C(=O)OCC(=O)Nc3sccc3C#N)c2C1. The Morgan fingerprint density at radius 3 is 2.68 bits per heavy atom. The van der Waals surface area contributed by atoms with Gasteiger partial charge in [-0.3, -0.25) is 4.79 Å². The maximum absolute atomic E-state index is 13.6. The summed E-state index contributed by atoms with van der Waals surface area (Å²) in [5.74, 6) is -0.746. The maximum atomic E-state index is 13.6. The molecule has 1 aromatic carbocycles. The molecule has 1 aliphatic rings. The number of nitriles is 1. The Morgan fingerprint density at radius 1 is 1.13 bits per heavy atom. The van der Waals surface area contributed by atoms with E-state index in [1.807, 2.05) is 36.4 Å². The molecule has 0 aliphatic heterocycles. The van der Waals surface area contributed by atoms with Crippen molar-refractivity contribution in [3.05, 3.63) is 80.5 Å². The number of rotatable bonds is 5. The van der Waals surface area contributed by atoms with Crippen LogP contribution in [0.2, 0.25) is 0 Å². The quantitative estimate of drug-likeness (QED) is 0.270. The molecule has 0 bridgehead atoms. The number of anilines is 1. The second-order valence-electron chi connectivity index (χ2n) is 10.4. The highest BCUT2D eigenvalue weighted by atomic mass is 32.1. The molecule has 0 saturated heterocycles. The zero-order chi connectivity index (χ0) is 26.9. The van der Waals surface area contributed by atoms with E-state index in [1.165, 1.54) is 11.3 Å².